The molecule has 0 saturated carbocycles. The number of thiol groups is 1. The number of nitrogens with zero attached hydrogens (tertiary/aromatic N) is 3. The highest BCUT2D eigenvalue weighted by atomic mass is 35.5. The van der Waals surface area contributed by atoms with Gasteiger partial charge in [-0.2, -0.15) is 4.63 Å². The van der Waals surface area contributed by atoms with Crippen LogP contribution in [0.15, 0.2) is 42.5 Å². The van der Waals surface area contributed by atoms with Crippen LogP contribution in [0, 0.1) is 6.92 Å². The largest absolute Gasteiger partial charge is 0.495 e. The van der Waals surface area contributed by atoms with Gasteiger partial charge in [0.1, 0.15) is 16.5 Å². The number of nitrogens with one attached hydrogen (secondary N) is 3. The molecule has 4 aromatic rings. The van der Waals surface area contributed by atoms with E-state index in [0.29, 0.717) is 45.7 Å². The number of ether oxygens (including phenoxy) is 2. The van der Waals surface area contributed by atoms with Crippen LogP contribution < -0.4 is 19.5 Å². The molecule has 43 heavy (non-hydrogen) atoms. The summed E-state index contributed by atoms with van der Waals surface area (Å²) in [4.78, 5) is 18.2. The van der Waals surface area contributed by atoms with E-state index in [9.17, 15) is 4.79 Å². The molecule has 1 amide bonds. The standard InChI is InChI=1S/C32H43ClN6O3S/c1-4-5-6-7-8-9-10-11-12-13-14-28(42-25-18-16-24(38-43)17-19-25)32(40)34-26-21-23(15-20-27(26)41-3)30-35-31-29(33)22(2)36-39(31)37-30/h15-21,28,36,38,43H,4-14H2,1-3H3,(H,34,40). The predicted octanol–water partition coefficient (Wildman–Crippen LogP) is 8.65. The van der Waals surface area contributed by atoms with E-state index < -0.39 is 6.10 Å². The average molecular weight is 627 g/mol. The molecule has 0 fully saturated rings. The van der Waals surface area contributed by atoms with Gasteiger partial charge in [-0.1, -0.05) is 89.1 Å². The van der Waals surface area contributed by atoms with Gasteiger partial charge in [0.2, 0.25) is 0 Å². The van der Waals surface area contributed by atoms with E-state index in [4.69, 9.17) is 21.1 Å². The number of carbonyl (C=O) groups is 1. The minimum atomic E-state index is -0.678. The summed E-state index contributed by atoms with van der Waals surface area (Å²) in [5, 5.41) is 11.1. The Morgan fingerprint density at radius 1 is 1.02 bits per heavy atom. The summed E-state index contributed by atoms with van der Waals surface area (Å²) in [5.74, 6) is 1.37. The minimum Gasteiger partial charge on any atom is -0.495 e. The third-order valence-electron chi connectivity index (χ3n) is 7.50. The van der Waals surface area contributed by atoms with Crippen molar-refractivity contribution in [1.82, 2.24) is 19.8 Å². The van der Waals surface area contributed by atoms with Gasteiger partial charge < -0.3 is 19.5 Å². The third-order valence-corrected chi connectivity index (χ3v) is 8.21. The molecule has 0 aliphatic carbocycles. The molecular formula is C32H43ClN6O3S. The van der Waals surface area contributed by atoms with Crippen molar-refractivity contribution in [3.05, 3.63) is 53.2 Å². The van der Waals surface area contributed by atoms with E-state index in [2.05, 4.69) is 45.0 Å². The zero-order valence-corrected chi connectivity index (χ0v) is 26.9. The second-order valence-corrected chi connectivity index (χ2v) is 11.4. The maximum absolute atomic E-state index is 13.7. The molecule has 3 N–H and O–H groups in total. The first-order chi connectivity index (χ1) is 20.9. The van der Waals surface area contributed by atoms with Gasteiger partial charge in [-0.15, -0.1) is 5.10 Å². The van der Waals surface area contributed by atoms with Gasteiger partial charge in [-0.05, 0) is 62.2 Å². The van der Waals surface area contributed by atoms with Crippen molar-refractivity contribution in [2.75, 3.05) is 17.1 Å². The molecule has 0 aliphatic heterocycles. The molecule has 9 nitrogen and oxygen atoms in total. The molecule has 0 bridgehead atoms. The fraction of sp³-hybridized carbons (Fsp3) is 0.469. The topological polar surface area (TPSA) is 106 Å². The van der Waals surface area contributed by atoms with E-state index in [1.165, 1.54) is 44.9 Å². The molecule has 0 aliphatic rings. The van der Waals surface area contributed by atoms with Gasteiger partial charge in [0.15, 0.2) is 17.6 Å². The van der Waals surface area contributed by atoms with Crippen molar-refractivity contribution in [2.24, 2.45) is 0 Å². The SMILES string of the molecule is CCCCCCCCCCCCC(Oc1ccc(NS)cc1)C(=O)Nc1cc(-c2nc3c(Cl)c(C)[nH]n3n2)ccc1OC. The molecule has 232 valence electrons. The molecule has 0 radical (unpaired) electrons. The lowest BCUT2D eigenvalue weighted by Crippen LogP contribution is -2.33. The quantitative estimate of drug-likeness (QED) is 0.0651. The average Bonchev–Trinajstić information content (AvgIpc) is 3.55. The van der Waals surface area contributed by atoms with E-state index in [-0.39, 0.29) is 5.91 Å². The summed E-state index contributed by atoms with van der Waals surface area (Å²) in [7, 11) is 1.57. The first kappa shape index (κ1) is 32.5. The lowest BCUT2D eigenvalue weighted by atomic mass is 10.0. The number of amides is 1. The Morgan fingerprint density at radius 2 is 1.70 bits per heavy atom. The lowest BCUT2D eigenvalue weighted by molar-refractivity contribution is -0.123. The van der Waals surface area contributed by atoms with E-state index >= 15 is 0 Å². The number of H-pyrrole nitrogens is 1. The fourth-order valence-corrected chi connectivity index (χ4v) is 5.33. The number of halogens is 1. The second kappa shape index (κ2) is 16.5. The number of aromatic amines is 1. The number of aryl methyl sites for hydroxylation is 1. The molecule has 2 heterocycles. The monoisotopic (exact) mass is 626 g/mol. The smallest absolute Gasteiger partial charge is 0.265 e. The number of carbonyl (C=O) groups excluding carboxylic acids is 1. The van der Waals surface area contributed by atoms with Crippen LogP contribution in [-0.2, 0) is 4.79 Å². The maximum Gasteiger partial charge on any atom is 0.265 e. The Hall–Kier alpha value is -3.37. The summed E-state index contributed by atoms with van der Waals surface area (Å²) in [6, 6.07) is 12.8. The number of aromatic nitrogens is 4. The molecule has 4 rings (SSSR count). The Bertz CT molecular complexity index is 1460. The first-order valence-corrected chi connectivity index (χ1v) is 16.0. The van der Waals surface area contributed by atoms with Crippen molar-refractivity contribution in [1.29, 1.82) is 0 Å². The van der Waals surface area contributed by atoms with Crippen LogP contribution in [0.2, 0.25) is 5.02 Å². The van der Waals surface area contributed by atoms with E-state index in [1.54, 1.807) is 23.9 Å². The number of fused-ring (bicyclic) bond motifs is 1. The molecular weight excluding hydrogens is 584 g/mol. The zero-order chi connectivity index (χ0) is 30.6. The molecule has 2 aromatic carbocycles. The molecule has 1 atom stereocenters. The van der Waals surface area contributed by atoms with Crippen molar-refractivity contribution >= 4 is 47.3 Å². The molecule has 1 unspecified atom stereocenters. The number of rotatable bonds is 18. The van der Waals surface area contributed by atoms with Crippen molar-refractivity contribution < 1.29 is 14.3 Å². The number of hydrogen-bond donors (Lipinski definition) is 4. The number of benzene rings is 2. The zero-order valence-electron chi connectivity index (χ0n) is 25.3. The van der Waals surface area contributed by atoms with Crippen LogP contribution in [0.25, 0.3) is 17.0 Å². The van der Waals surface area contributed by atoms with Gasteiger partial charge in [-0.3, -0.25) is 9.89 Å². The molecule has 0 saturated heterocycles. The van der Waals surface area contributed by atoms with Crippen LogP contribution in [-0.4, -0.2) is 38.9 Å². The Labute approximate surface area is 264 Å². The summed E-state index contributed by atoms with van der Waals surface area (Å²) in [6.07, 6.45) is 12.1. The first-order valence-electron chi connectivity index (χ1n) is 15.2. The number of methoxy groups -OCH3 is 1. The highest BCUT2D eigenvalue weighted by molar-refractivity contribution is 7.81. The second-order valence-electron chi connectivity index (χ2n) is 10.8. The van der Waals surface area contributed by atoms with Gasteiger partial charge in [0.05, 0.1) is 18.5 Å². The van der Waals surface area contributed by atoms with Crippen molar-refractivity contribution in [3.63, 3.8) is 0 Å². The molecule has 2 aromatic heterocycles. The van der Waals surface area contributed by atoms with Gasteiger partial charge in [0.25, 0.3) is 5.91 Å². The highest BCUT2D eigenvalue weighted by Crippen LogP contribution is 2.31. The van der Waals surface area contributed by atoms with Gasteiger partial charge in [0, 0.05) is 11.3 Å². The summed E-state index contributed by atoms with van der Waals surface area (Å²) >= 11 is 10.4. The Kier molecular flexibility index (Phi) is 12.5. The Balaban J connectivity index is 1.42. The number of anilines is 2. The summed E-state index contributed by atoms with van der Waals surface area (Å²) in [5.41, 5.74) is 3.39. The number of unbranched alkanes of at least 4 members (excludes halogenated alkanes) is 9. The van der Waals surface area contributed by atoms with Crippen molar-refractivity contribution in [2.45, 2.75) is 90.6 Å². The normalized spacial score (nSPS) is 11.9. The van der Waals surface area contributed by atoms with Crippen LogP contribution in [0.1, 0.15) is 83.2 Å². The molecule has 0 spiro atoms. The van der Waals surface area contributed by atoms with Crippen LogP contribution in [0.5, 0.6) is 11.5 Å². The minimum absolute atomic E-state index is 0.244. The van der Waals surface area contributed by atoms with Crippen molar-refractivity contribution in [3.8, 4) is 22.9 Å². The third kappa shape index (κ3) is 9.06. The van der Waals surface area contributed by atoms with Crippen LogP contribution >= 0.6 is 24.4 Å². The van der Waals surface area contributed by atoms with E-state index in [0.717, 1.165) is 30.6 Å². The lowest BCUT2D eigenvalue weighted by Gasteiger charge is -2.20. The van der Waals surface area contributed by atoms with Crippen LogP contribution in [0.4, 0.5) is 11.4 Å². The summed E-state index contributed by atoms with van der Waals surface area (Å²) in [6.45, 7) is 4.11. The highest BCUT2D eigenvalue weighted by Gasteiger charge is 2.23. The van der Waals surface area contributed by atoms with Gasteiger partial charge in [-0.25, -0.2) is 4.98 Å². The fourth-order valence-electron chi connectivity index (χ4n) is 5.02. The summed E-state index contributed by atoms with van der Waals surface area (Å²) < 4.78 is 16.1. The van der Waals surface area contributed by atoms with Gasteiger partial charge >= 0.3 is 0 Å². The number of hydrogen-bond acceptors (Lipinski definition) is 7. The maximum atomic E-state index is 13.7. The molecule has 11 heteroatoms. The van der Waals surface area contributed by atoms with Crippen LogP contribution in [0.3, 0.4) is 0 Å². The Morgan fingerprint density at radius 3 is 2.33 bits per heavy atom. The predicted molar refractivity (Wildman–Crippen MR) is 178 cm³/mol. The van der Waals surface area contributed by atoms with E-state index in [1.807, 2.05) is 37.3 Å².